The third kappa shape index (κ3) is 4.87. The molecule has 2 rings (SSSR count). The quantitative estimate of drug-likeness (QED) is 0.318. The number of ether oxygens (including phenoxy) is 1. The van der Waals surface area contributed by atoms with Gasteiger partial charge in [-0.15, -0.1) is 0 Å². The minimum absolute atomic E-state index is 0.0396. The van der Waals surface area contributed by atoms with Crippen molar-refractivity contribution in [1.82, 2.24) is 0 Å². The minimum atomic E-state index is -0.823. The summed E-state index contributed by atoms with van der Waals surface area (Å²) < 4.78 is 4.94. The molecule has 0 aliphatic heterocycles. The van der Waals surface area contributed by atoms with Gasteiger partial charge in [0.15, 0.2) is 12.4 Å². The molecule has 130 valence electrons. The van der Waals surface area contributed by atoms with E-state index in [9.17, 15) is 19.7 Å². The summed E-state index contributed by atoms with van der Waals surface area (Å²) in [5.41, 5.74) is 1.13. The van der Waals surface area contributed by atoms with E-state index in [1.807, 2.05) is 12.1 Å². The second-order valence-electron chi connectivity index (χ2n) is 5.37. The van der Waals surface area contributed by atoms with E-state index >= 15 is 0 Å². The van der Waals surface area contributed by atoms with Crippen molar-refractivity contribution in [2.75, 3.05) is 6.61 Å². The van der Waals surface area contributed by atoms with Gasteiger partial charge in [-0.25, -0.2) is 4.79 Å². The van der Waals surface area contributed by atoms with Crippen LogP contribution in [0.15, 0.2) is 42.5 Å². The van der Waals surface area contributed by atoms with E-state index in [1.165, 1.54) is 12.1 Å². The number of nitro groups is 1. The fourth-order valence-corrected chi connectivity index (χ4v) is 2.41. The Kier molecular flexibility index (Phi) is 6.25. The van der Waals surface area contributed by atoms with Gasteiger partial charge in [0.05, 0.1) is 10.5 Å². The molecule has 0 heterocycles. The summed E-state index contributed by atoms with van der Waals surface area (Å²) in [4.78, 5) is 34.2. The van der Waals surface area contributed by atoms with E-state index < -0.39 is 23.2 Å². The van der Waals surface area contributed by atoms with Crippen molar-refractivity contribution in [2.24, 2.45) is 0 Å². The van der Waals surface area contributed by atoms with Crippen molar-refractivity contribution < 1.29 is 19.2 Å². The zero-order chi connectivity index (χ0) is 18.4. The largest absolute Gasteiger partial charge is 0.454 e. The molecule has 0 aromatic heterocycles. The van der Waals surface area contributed by atoms with Crippen LogP contribution in [0.2, 0.25) is 5.02 Å². The number of carbonyl (C=O) groups excluding carboxylic acids is 2. The van der Waals surface area contributed by atoms with Crippen molar-refractivity contribution in [2.45, 2.75) is 19.8 Å². The molecule has 2 aromatic carbocycles. The summed E-state index contributed by atoms with van der Waals surface area (Å²) in [6, 6.07) is 10.7. The molecule has 0 aliphatic carbocycles. The second-order valence-corrected chi connectivity index (χ2v) is 5.78. The summed E-state index contributed by atoms with van der Waals surface area (Å²) in [7, 11) is 0. The number of halogens is 1. The van der Waals surface area contributed by atoms with Crippen LogP contribution in [0.5, 0.6) is 0 Å². The zero-order valence-electron chi connectivity index (χ0n) is 13.5. The van der Waals surface area contributed by atoms with Gasteiger partial charge in [0.2, 0.25) is 0 Å². The van der Waals surface area contributed by atoms with Crippen LogP contribution >= 0.6 is 11.6 Å². The van der Waals surface area contributed by atoms with Gasteiger partial charge in [0.1, 0.15) is 5.02 Å². The highest BCUT2D eigenvalue weighted by Crippen LogP contribution is 2.25. The van der Waals surface area contributed by atoms with Crippen LogP contribution in [-0.4, -0.2) is 23.3 Å². The lowest BCUT2D eigenvalue weighted by Crippen LogP contribution is -2.14. The number of aryl methyl sites for hydroxylation is 1. The molecule has 6 nitrogen and oxygen atoms in total. The number of carbonyl (C=O) groups is 2. The van der Waals surface area contributed by atoms with E-state index in [0.717, 1.165) is 24.5 Å². The lowest BCUT2D eigenvalue weighted by atomic mass is 10.1. The maximum Gasteiger partial charge on any atom is 0.338 e. The van der Waals surface area contributed by atoms with E-state index in [4.69, 9.17) is 16.3 Å². The van der Waals surface area contributed by atoms with Crippen LogP contribution in [0.25, 0.3) is 0 Å². The molecule has 25 heavy (non-hydrogen) atoms. The van der Waals surface area contributed by atoms with Gasteiger partial charge >= 0.3 is 5.97 Å². The first-order valence-electron chi connectivity index (χ1n) is 7.65. The van der Waals surface area contributed by atoms with Gasteiger partial charge in [0, 0.05) is 11.6 Å². The molecule has 0 fully saturated rings. The SMILES string of the molecule is CCCc1ccc(C(=O)COC(=O)c2ccc(Cl)c([N+](=O)[O-])c2)cc1. The normalized spacial score (nSPS) is 10.3. The molecule has 0 atom stereocenters. The highest BCUT2D eigenvalue weighted by molar-refractivity contribution is 6.32. The Bertz CT molecular complexity index is 802. The summed E-state index contributed by atoms with van der Waals surface area (Å²) in [5.74, 6) is -1.17. The fraction of sp³-hybridized carbons (Fsp3) is 0.222. The highest BCUT2D eigenvalue weighted by Gasteiger charge is 2.18. The number of benzene rings is 2. The summed E-state index contributed by atoms with van der Waals surface area (Å²) in [5, 5.41) is 10.8. The Balaban J connectivity index is 2.00. The number of nitro benzene ring substituents is 1. The summed E-state index contributed by atoms with van der Waals surface area (Å²) in [6.07, 6.45) is 1.94. The Hall–Kier alpha value is -2.73. The standard InChI is InChI=1S/C18H16ClNO5/c1-2-3-12-4-6-13(7-5-12)17(21)11-25-18(22)14-8-9-15(19)16(10-14)20(23)24/h4-10H,2-3,11H2,1H3. The van der Waals surface area contributed by atoms with Crippen LogP contribution in [-0.2, 0) is 11.2 Å². The Morgan fingerprint density at radius 1 is 1.12 bits per heavy atom. The predicted molar refractivity (Wildman–Crippen MR) is 93.2 cm³/mol. The van der Waals surface area contributed by atoms with Gasteiger partial charge in [-0.2, -0.15) is 0 Å². The number of ketones is 1. The molecule has 7 heteroatoms. The number of esters is 1. The minimum Gasteiger partial charge on any atom is -0.454 e. The first-order chi connectivity index (χ1) is 11.9. The van der Waals surface area contributed by atoms with Gasteiger partial charge < -0.3 is 4.74 Å². The highest BCUT2D eigenvalue weighted by atomic mass is 35.5. The van der Waals surface area contributed by atoms with Crippen LogP contribution in [0, 0.1) is 10.1 Å². The number of Topliss-reactive ketones (excluding diaryl/α,β-unsaturated/α-hetero) is 1. The molecule has 2 aromatic rings. The number of hydrogen-bond acceptors (Lipinski definition) is 5. The molecular formula is C18H16ClNO5. The number of hydrogen-bond donors (Lipinski definition) is 0. The van der Waals surface area contributed by atoms with Crippen molar-refractivity contribution in [3.63, 3.8) is 0 Å². The van der Waals surface area contributed by atoms with Gasteiger partial charge in [-0.05, 0) is 24.1 Å². The Labute approximate surface area is 149 Å². The van der Waals surface area contributed by atoms with E-state index in [2.05, 4.69) is 6.92 Å². The third-order valence-electron chi connectivity index (χ3n) is 3.53. The van der Waals surface area contributed by atoms with Crippen LogP contribution in [0.4, 0.5) is 5.69 Å². The molecule has 0 bridgehead atoms. The van der Waals surface area contributed by atoms with Crippen LogP contribution in [0.1, 0.15) is 39.6 Å². The zero-order valence-corrected chi connectivity index (χ0v) is 14.3. The monoisotopic (exact) mass is 361 g/mol. The molecule has 0 unspecified atom stereocenters. The average Bonchev–Trinajstić information content (AvgIpc) is 2.60. The lowest BCUT2D eigenvalue weighted by Gasteiger charge is -2.06. The summed E-state index contributed by atoms with van der Waals surface area (Å²) >= 11 is 5.69. The smallest absolute Gasteiger partial charge is 0.338 e. The Morgan fingerprint density at radius 2 is 1.76 bits per heavy atom. The summed E-state index contributed by atoms with van der Waals surface area (Å²) in [6.45, 7) is 1.63. The third-order valence-corrected chi connectivity index (χ3v) is 3.85. The molecule has 0 saturated carbocycles. The van der Waals surface area contributed by atoms with Crippen molar-refractivity contribution in [3.05, 3.63) is 74.3 Å². The second kappa shape index (κ2) is 8.39. The fourth-order valence-electron chi connectivity index (χ4n) is 2.22. The predicted octanol–water partition coefficient (Wildman–Crippen LogP) is 4.24. The first-order valence-corrected chi connectivity index (χ1v) is 8.03. The first kappa shape index (κ1) is 18.6. The molecule has 0 saturated heterocycles. The Morgan fingerprint density at radius 3 is 2.36 bits per heavy atom. The van der Waals surface area contributed by atoms with Gasteiger partial charge in [-0.1, -0.05) is 49.2 Å². The van der Waals surface area contributed by atoms with Crippen molar-refractivity contribution >= 4 is 29.0 Å². The number of rotatable bonds is 7. The van der Waals surface area contributed by atoms with Crippen LogP contribution in [0.3, 0.4) is 0 Å². The molecule has 0 N–H and O–H groups in total. The van der Waals surface area contributed by atoms with Gasteiger partial charge in [-0.3, -0.25) is 14.9 Å². The van der Waals surface area contributed by atoms with Crippen molar-refractivity contribution in [3.8, 4) is 0 Å². The molecule has 0 aliphatic rings. The maximum absolute atomic E-state index is 12.1. The van der Waals surface area contributed by atoms with E-state index in [0.29, 0.717) is 5.56 Å². The average molecular weight is 362 g/mol. The number of nitrogens with zero attached hydrogens (tertiary/aromatic N) is 1. The van der Waals surface area contributed by atoms with Crippen LogP contribution < -0.4 is 0 Å². The van der Waals surface area contributed by atoms with E-state index in [1.54, 1.807) is 12.1 Å². The maximum atomic E-state index is 12.1. The van der Waals surface area contributed by atoms with Gasteiger partial charge in [0.25, 0.3) is 5.69 Å². The lowest BCUT2D eigenvalue weighted by molar-refractivity contribution is -0.384. The topological polar surface area (TPSA) is 86.5 Å². The molecule has 0 radical (unpaired) electrons. The molecular weight excluding hydrogens is 346 g/mol. The molecule has 0 spiro atoms. The van der Waals surface area contributed by atoms with Crippen molar-refractivity contribution in [1.29, 1.82) is 0 Å². The molecule has 0 amide bonds. The van der Waals surface area contributed by atoms with E-state index in [-0.39, 0.29) is 16.4 Å².